The number of nitrogens with zero attached hydrogens (tertiary/aromatic N) is 1. The van der Waals surface area contributed by atoms with Gasteiger partial charge in [0.15, 0.2) is 0 Å². The second-order valence-corrected chi connectivity index (χ2v) is 7.32. The molecule has 1 heterocycles. The average molecular weight is 351 g/mol. The van der Waals surface area contributed by atoms with E-state index in [2.05, 4.69) is 0 Å². The van der Waals surface area contributed by atoms with Crippen molar-refractivity contribution in [3.05, 3.63) is 35.9 Å². The second-order valence-electron chi connectivity index (χ2n) is 7.32. The number of aliphatic hydroxyl groups excluding tert-OH is 1. The highest BCUT2D eigenvalue weighted by atomic mass is 16.6. The van der Waals surface area contributed by atoms with Crippen LogP contribution in [0.2, 0.25) is 0 Å². The third-order valence-corrected chi connectivity index (χ3v) is 3.73. The Balaban J connectivity index is 1.89. The van der Waals surface area contributed by atoms with E-state index in [1.807, 2.05) is 51.1 Å². The molecule has 0 bridgehead atoms. The number of carbonyl (C=O) groups is 1. The maximum Gasteiger partial charge on any atom is 0.410 e. The normalized spacial score (nSPS) is 22.2. The van der Waals surface area contributed by atoms with Gasteiger partial charge in [0.25, 0.3) is 0 Å². The zero-order chi connectivity index (χ0) is 18.3. The van der Waals surface area contributed by atoms with Gasteiger partial charge in [-0.3, -0.25) is 0 Å². The minimum Gasteiger partial charge on any atom is -0.444 e. The summed E-state index contributed by atoms with van der Waals surface area (Å²) in [5.41, 5.74) is 0.512. The largest absolute Gasteiger partial charge is 0.444 e. The van der Waals surface area contributed by atoms with Gasteiger partial charge in [-0.2, -0.15) is 0 Å². The number of benzene rings is 1. The molecule has 6 heteroatoms. The fraction of sp³-hybridized carbons (Fsp3) is 0.632. The predicted octanol–water partition coefficient (Wildman–Crippen LogP) is 2.59. The molecule has 1 amide bonds. The van der Waals surface area contributed by atoms with Gasteiger partial charge in [-0.25, -0.2) is 4.79 Å². The fourth-order valence-corrected chi connectivity index (χ4v) is 2.55. The van der Waals surface area contributed by atoms with Crippen LogP contribution in [0.1, 0.15) is 32.8 Å². The third kappa shape index (κ3) is 7.42. The molecule has 1 N–H and O–H groups in total. The second kappa shape index (κ2) is 9.17. The lowest BCUT2D eigenvalue weighted by Gasteiger charge is -2.33. The molecule has 2 rings (SSSR count). The van der Waals surface area contributed by atoms with Gasteiger partial charge in [-0.15, -0.1) is 0 Å². The number of hydrogen-bond acceptors (Lipinski definition) is 5. The molecule has 1 aromatic rings. The van der Waals surface area contributed by atoms with E-state index in [0.29, 0.717) is 32.8 Å². The summed E-state index contributed by atoms with van der Waals surface area (Å²) in [5, 5.41) is 9.98. The van der Waals surface area contributed by atoms with E-state index in [9.17, 15) is 9.90 Å². The standard InChI is InChI=1S/C19H29NO5/c1-19(2,3)25-18(22)20-11-16(21)9-10-24-17(12-20)14-23-13-15-7-5-4-6-8-15/h4-8,16-17,21H,9-14H2,1-3H3/t16?,17-/m0/s1. The van der Waals surface area contributed by atoms with Crippen molar-refractivity contribution in [2.75, 3.05) is 26.3 Å². The van der Waals surface area contributed by atoms with Crippen LogP contribution in [0.3, 0.4) is 0 Å². The molecule has 6 nitrogen and oxygen atoms in total. The molecule has 1 aliphatic rings. The monoisotopic (exact) mass is 351 g/mol. The summed E-state index contributed by atoms with van der Waals surface area (Å²) in [5.74, 6) is 0. The van der Waals surface area contributed by atoms with Crippen LogP contribution < -0.4 is 0 Å². The predicted molar refractivity (Wildman–Crippen MR) is 94.3 cm³/mol. The van der Waals surface area contributed by atoms with E-state index < -0.39 is 17.8 Å². The van der Waals surface area contributed by atoms with E-state index in [1.54, 1.807) is 0 Å². The van der Waals surface area contributed by atoms with Gasteiger partial charge >= 0.3 is 6.09 Å². The summed E-state index contributed by atoms with van der Waals surface area (Å²) in [4.78, 5) is 13.9. The van der Waals surface area contributed by atoms with Crippen LogP contribution in [0.15, 0.2) is 30.3 Å². The summed E-state index contributed by atoms with van der Waals surface area (Å²) >= 11 is 0. The molecule has 0 saturated carbocycles. The number of β-amino-alcohol motifs (C(OH)–C–C–N with tert-alkyl or cyclic N) is 1. The first-order chi connectivity index (χ1) is 11.8. The highest BCUT2D eigenvalue weighted by molar-refractivity contribution is 5.68. The first-order valence-corrected chi connectivity index (χ1v) is 8.73. The van der Waals surface area contributed by atoms with Crippen LogP contribution in [0.25, 0.3) is 0 Å². The van der Waals surface area contributed by atoms with E-state index in [0.717, 1.165) is 5.56 Å². The average Bonchev–Trinajstić information content (AvgIpc) is 2.51. The van der Waals surface area contributed by atoms with Crippen LogP contribution in [-0.4, -0.2) is 60.2 Å². The van der Waals surface area contributed by atoms with Crippen molar-refractivity contribution in [2.45, 2.75) is 51.6 Å². The molecule has 1 fully saturated rings. The summed E-state index contributed by atoms with van der Waals surface area (Å²) in [6.07, 6.45) is -0.818. The van der Waals surface area contributed by atoms with Gasteiger partial charge in [0.2, 0.25) is 0 Å². The number of amides is 1. The van der Waals surface area contributed by atoms with Crippen molar-refractivity contribution in [3.8, 4) is 0 Å². The summed E-state index contributed by atoms with van der Waals surface area (Å²) < 4.78 is 16.9. The molecule has 1 aliphatic heterocycles. The quantitative estimate of drug-likeness (QED) is 0.903. The van der Waals surface area contributed by atoms with Gasteiger partial charge in [0.05, 0.1) is 38.5 Å². The first-order valence-electron chi connectivity index (χ1n) is 8.73. The van der Waals surface area contributed by atoms with Crippen LogP contribution in [0, 0.1) is 0 Å². The van der Waals surface area contributed by atoms with E-state index in [4.69, 9.17) is 14.2 Å². The summed E-state index contributed by atoms with van der Waals surface area (Å²) in [6.45, 7) is 7.37. The summed E-state index contributed by atoms with van der Waals surface area (Å²) in [6, 6.07) is 9.91. The Kier molecular flexibility index (Phi) is 7.23. The molecule has 0 radical (unpaired) electrons. The van der Waals surface area contributed by atoms with Crippen LogP contribution in [-0.2, 0) is 20.8 Å². The van der Waals surface area contributed by atoms with Crippen LogP contribution >= 0.6 is 0 Å². The SMILES string of the molecule is CC(C)(C)OC(=O)N1CC(O)CCO[C@H](COCc2ccccc2)C1. The van der Waals surface area contributed by atoms with Crippen molar-refractivity contribution in [1.29, 1.82) is 0 Å². The Morgan fingerprint density at radius 2 is 2.00 bits per heavy atom. The number of hydrogen-bond donors (Lipinski definition) is 1. The zero-order valence-electron chi connectivity index (χ0n) is 15.3. The molecule has 1 aromatic carbocycles. The number of rotatable bonds is 4. The van der Waals surface area contributed by atoms with E-state index in [1.165, 1.54) is 4.90 Å². The van der Waals surface area contributed by atoms with E-state index in [-0.39, 0.29) is 12.6 Å². The Labute approximate surface area is 149 Å². The van der Waals surface area contributed by atoms with Gasteiger partial charge < -0.3 is 24.2 Å². The highest BCUT2D eigenvalue weighted by Crippen LogP contribution is 2.14. The molecule has 0 spiro atoms. The van der Waals surface area contributed by atoms with Crippen molar-refractivity contribution in [3.63, 3.8) is 0 Å². The lowest BCUT2D eigenvalue weighted by atomic mass is 10.2. The number of aliphatic hydroxyl groups is 1. The van der Waals surface area contributed by atoms with Crippen molar-refractivity contribution in [1.82, 2.24) is 4.90 Å². The third-order valence-electron chi connectivity index (χ3n) is 3.73. The zero-order valence-corrected chi connectivity index (χ0v) is 15.3. The Bertz CT molecular complexity index is 528. The maximum absolute atomic E-state index is 12.4. The number of carbonyl (C=O) groups excluding carboxylic acids is 1. The lowest BCUT2D eigenvalue weighted by Crippen LogP contribution is -2.48. The number of ether oxygens (including phenoxy) is 3. The minimum absolute atomic E-state index is 0.244. The molecular weight excluding hydrogens is 322 g/mol. The fourth-order valence-electron chi connectivity index (χ4n) is 2.55. The van der Waals surface area contributed by atoms with Gasteiger partial charge in [0, 0.05) is 6.61 Å². The van der Waals surface area contributed by atoms with Gasteiger partial charge in [0.1, 0.15) is 5.60 Å². The Hall–Kier alpha value is -1.63. The molecule has 1 unspecified atom stereocenters. The smallest absolute Gasteiger partial charge is 0.410 e. The topological polar surface area (TPSA) is 68.2 Å². The van der Waals surface area contributed by atoms with Crippen molar-refractivity contribution >= 4 is 6.09 Å². The Morgan fingerprint density at radius 3 is 2.68 bits per heavy atom. The van der Waals surface area contributed by atoms with Crippen molar-refractivity contribution in [2.24, 2.45) is 0 Å². The maximum atomic E-state index is 12.4. The van der Waals surface area contributed by atoms with E-state index >= 15 is 0 Å². The molecule has 0 aromatic heterocycles. The molecule has 140 valence electrons. The Morgan fingerprint density at radius 1 is 1.28 bits per heavy atom. The highest BCUT2D eigenvalue weighted by Gasteiger charge is 2.28. The first kappa shape index (κ1) is 19.7. The van der Waals surface area contributed by atoms with Crippen molar-refractivity contribution < 1.29 is 24.1 Å². The molecule has 1 saturated heterocycles. The molecule has 25 heavy (non-hydrogen) atoms. The van der Waals surface area contributed by atoms with Crippen LogP contribution in [0.4, 0.5) is 4.79 Å². The molecule has 2 atom stereocenters. The molecular formula is C19H29NO5. The van der Waals surface area contributed by atoms with Gasteiger partial charge in [-0.1, -0.05) is 30.3 Å². The summed E-state index contributed by atoms with van der Waals surface area (Å²) in [7, 11) is 0. The van der Waals surface area contributed by atoms with Gasteiger partial charge in [-0.05, 0) is 32.8 Å². The minimum atomic E-state index is -0.612. The van der Waals surface area contributed by atoms with Crippen LogP contribution in [0.5, 0.6) is 0 Å². The molecule has 0 aliphatic carbocycles. The lowest BCUT2D eigenvalue weighted by molar-refractivity contribution is -0.0687.